The Labute approximate surface area is 147 Å². The lowest BCUT2D eigenvalue weighted by Crippen LogP contribution is -2.23. The van der Waals surface area contributed by atoms with Crippen molar-refractivity contribution >= 4 is 21.8 Å². The van der Waals surface area contributed by atoms with Gasteiger partial charge in [-0.1, -0.05) is 54.1 Å². The van der Waals surface area contributed by atoms with Gasteiger partial charge in [-0.2, -0.15) is 0 Å². The average molecular weight is 331 g/mol. The Hall–Kier alpha value is -2.78. The highest BCUT2D eigenvalue weighted by Gasteiger charge is 2.13. The van der Waals surface area contributed by atoms with Crippen LogP contribution in [-0.4, -0.2) is 22.4 Å². The minimum Gasteiger partial charge on any atom is -0.491 e. The molecule has 1 heterocycles. The van der Waals surface area contributed by atoms with Gasteiger partial charge in [0, 0.05) is 21.8 Å². The van der Waals surface area contributed by atoms with Crippen molar-refractivity contribution in [3.8, 4) is 5.75 Å². The SMILES string of the molecule is Cc1ccc(OC[C@H](O)Cn2c3ccccc3c3ccccc32)cc1. The molecule has 0 amide bonds. The smallest absolute Gasteiger partial charge is 0.119 e. The lowest BCUT2D eigenvalue weighted by molar-refractivity contribution is 0.0945. The molecule has 4 aromatic rings. The van der Waals surface area contributed by atoms with E-state index in [0.717, 1.165) is 16.8 Å². The molecule has 0 fully saturated rings. The van der Waals surface area contributed by atoms with Crippen molar-refractivity contribution in [3.63, 3.8) is 0 Å². The maximum atomic E-state index is 10.5. The number of ether oxygens (including phenoxy) is 1. The predicted octanol–water partition coefficient (Wildman–Crippen LogP) is 4.54. The molecule has 3 nitrogen and oxygen atoms in total. The number of nitrogens with zero attached hydrogens (tertiary/aromatic N) is 1. The zero-order valence-electron chi connectivity index (χ0n) is 14.2. The fourth-order valence-electron chi connectivity index (χ4n) is 3.29. The first-order valence-electron chi connectivity index (χ1n) is 8.56. The Morgan fingerprint density at radius 3 is 2.00 bits per heavy atom. The van der Waals surface area contributed by atoms with E-state index >= 15 is 0 Å². The van der Waals surface area contributed by atoms with E-state index in [-0.39, 0.29) is 6.61 Å². The van der Waals surface area contributed by atoms with E-state index in [9.17, 15) is 5.11 Å². The van der Waals surface area contributed by atoms with E-state index in [1.807, 2.05) is 43.3 Å². The van der Waals surface area contributed by atoms with E-state index < -0.39 is 6.10 Å². The number of aromatic nitrogens is 1. The normalized spacial score (nSPS) is 12.6. The monoisotopic (exact) mass is 331 g/mol. The van der Waals surface area contributed by atoms with Crippen LogP contribution in [0.15, 0.2) is 72.8 Å². The van der Waals surface area contributed by atoms with E-state index in [1.165, 1.54) is 16.3 Å². The molecular formula is C22H21NO2. The van der Waals surface area contributed by atoms with Crippen molar-refractivity contribution in [2.24, 2.45) is 0 Å². The van der Waals surface area contributed by atoms with Crippen molar-refractivity contribution in [3.05, 3.63) is 78.4 Å². The van der Waals surface area contributed by atoms with Crippen molar-refractivity contribution in [2.45, 2.75) is 19.6 Å². The van der Waals surface area contributed by atoms with Gasteiger partial charge in [0.15, 0.2) is 0 Å². The number of hydrogen-bond donors (Lipinski definition) is 1. The third kappa shape index (κ3) is 3.11. The van der Waals surface area contributed by atoms with Crippen LogP contribution in [0.5, 0.6) is 5.75 Å². The third-order valence-corrected chi connectivity index (χ3v) is 4.54. The maximum absolute atomic E-state index is 10.5. The van der Waals surface area contributed by atoms with Gasteiger partial charge in [-0.05, 0) is 31.2 Å². The molecule has 0 aliphatic carbocycles. The van der Waals surface area contributed by atoms with E-state index in [2.05, 4.69) is 41.0 Å². The summed E-state index contributed by atoms with van der Waals surface area (Å²) in [6, 6.07) is 24.5. The van der Waals surface area contributed by atoms with Crippen molar-refractivity contribution < 1.29 is 9.84 Å². The van der Waals surface area contributed by atoms with Crippen LogP contribution in [0, 0.1) is 6.92 Å². The van der Waals surface area contributed by atoms with E-state index in [1.54, 1.807) is 0 Å². The van der Waals surface area contributed by atoms with Crippen LogP contribution in [0.4, 0.5) is 0 Å². The fourth-order valence-corrected chi connectivity index (χ4v) is 3.29. The van der Waals surface area contributed by atoms with Crippen LogP contribution in [0.25, 0.3) is 21.8 Å². The molecule has 3 heteroatoms. The molecule has 4 rings (SSSR count). The molecule has 0 unspecified atom stereocenters. The second-order valence-electron chi connectivity index (χ2n) is 6.42. The largest absolute Gasteiger partial charge is 0.491 e. The molecular weight excluding hydrogens is 310 g/mol. The Bertz CT molecular complexity index is 948. The summed E-state index contributed by atoms with van der Waals surface area (Å²) in [5.41, 5.74) is 3.47. The van der Waals surface area contributed by atoms with Gasteiger partial charge in [0.1, 0.15) is 18.5 Å². The number of hydrogen-bond acceptors (Lipinski definition) is 2. The van der Waals surface area contributed by atoms with Gasteiger partial charge in [-0.3, -0.25) is 0 Å². The van der Waals surface area contributed by atoms with Gasteiger partial charge in [-0.25, -0.2) is 0 Å². The number of aliphatic hydroxyl groups is 1. The molecule has 0 aliphatic rings. The third-order valence-electron chi connectivity index (χ3n) is 4.54. The average Bonchev–Trinajstić information content (AvgIpc) is 2.96. The van der Waals surface area contributed by atoms with Gasteiger partial charge >= 0.3 is 0 Å². The number of para-hydroxylation sites is 2. The number of rotatable bonds is 5. The summed E-state index contributed by atoms with van der Waals surface area (Å²) < 4.78 is 7.91. The summed E-state index contributed by atoms with van der Waals surface area (Å²) in [7, 11) is 0. The molecule has 1 aromatic heterocycles. The minimum atomic E-state index is -0.583. The van der Waals surface area contributed by atoms with Crippen molar-refractivity contribution in [1.29, 1.82) is 0 Å². The Kier molecular flexibility index (Phi) is 4.16. The molecule has 1 atom stereocenters. The van der Waals surface area contributed by atoms with Gasteiger partial charge in [0.25, 0.3) is 0 Å². The van der Waals surface area contributed by atoms with Gasteiger partial charge < -0.3 is 14.4 Å². The zero-order valence-corrected chi connectivity index (χ0v) is 14.2. The summed E-state index contributed by atoms with van der Waals surface area (Å²) in [6.45, 7) is 2.81. The highest BCUT2D eigenvalue weighted by molar-refractivity contribution is 6.07. The van der Waals surface area contributed by atoms with E-state index in [0.29, 0.717) is 6.54 Å². The first-order valence-corrected chi connectivity index (χ1v) is 8.56. The Morgan fingerprint density at radius 1 is 0.840 bits per heavy atom. The topological polar surface area (TPSA) is 34.4 Å². The summed E-state index contributed by atoms with van der Waals surface area (Å²) in [5, 5.41) is 12.9. The fraction of sp³-hybridized carbons (Fsp3) is 0.182. The minimum absolute atomic E-state index is 0.268. The zero-order chi connectivity index (χ0) is 17.2. The molecule has 126 valence electrons. The summed E-state index contributed by atoms with van der Waals surface area (Å²) in [4.78, 5) is 0. The van der Waals surface area contributed by atoms with Gasteiger partial charge in [-0.15, -0.1) is 0 Å². The number of aliphatic hydroxyl groups excluding tert-OH is 1. The number of aryl methyl sites for hydroxylation is 1. The maximum Gasteiger partial charge on any atom is 0.119 e. The van der Waals surface area contributed by atoms with Crippen molar-refractivity contribution in [2.75, 3.05) is 6.61 Å². The van der Waals surface area contributed by atoms with Crippen molar-refractivity contribution in [1.82, 2.24) is 4.57 Å². The van der Waals surface area contributed by atoms with Gasteiger partial charge in [0.2, 0.25) is 0 Å². The molecule has 25 heavy (non-hydrogen) atoms. The van der Waals surface area contributed by atoms with E-state index in [4.69, 9.17) is 4.74 Å². The van der Waals surface area contributed by atoms with Crippen LogP contribution in [-0.2, 0) is 6.54 Å². The molecule has 3 aromatic carbocycles. The lowest BCUT2D eigenvalue weighted by atomic mass is 10.2. The number of benzene rings is 3. The highest BCUT2D eigenvalue weighted by atomic mass is 16.5. The first-order chi connectivity index (χ1) is 12.2. The standard InChI is InChI=1S/C22H21NO2/c1-16-10-12-18(13-11-16)25-15-17(24)14-23-21-8-4-2-6-19(21)20-7-3-5-9-22(20)23/h2-13,17,24H,14-15H2,1H3/t17-/m1/s1. The second kappa shape index (κ2) is 6.61. The lowest BCUT2D eigenvalue weighted by Gasteiger charge is -2.15. The molecule has 0 saturated carbocycles. The molecule has 0 saturated heterocycles. The predicted molar refractivity (Wildman–Crippen MR) is 102 cm³/mol. The Morgan fingerprint density at radius 2 is 1.40 bits per heavy atom. The molecule has 0 spiro atoms. The summed E-state index contributed by atoms with van der Waals surface area (Å²) >= 11 is 0. The second-order valence-corrected chi connectivity index (χ2v) is 6.42. The van der Waals surface area contributed by atoms with Gasteiger partial charge in [0.05, 0.1) is 6.54 Å². The van der Waals surface area contributed by atoms with Crippen LogP contribution in [0.1, 0.15) is 5.56 Å². The quantitative estimate of drug-likeness (QED) is 0.582. The molecule has 1 N–H and O–H groups in total. The van der Waals surface area contributed by atoms with Crippen LogP contribution < -0.4 is 4.74 Å². The highest BCUT2D eigenvalue weighted by Crippen LogP contribution is 2.28. The van der Waals surface area contributed by atoms with Crippen LogP contribution >= 0.6 is 0 Å². The molecule has 0 aliphatic heterocycles. The molecule has 0 bridgehead atoms. The summed E-state index contributed by atoms with van der Waals surface area (Å²) in [6.07, 6.45) is -0.583. The van der Waals surface area contributed by atoms with Crippen LogP contribution in [0.2, 0.25) is 0 Å². The molecule has 0 radical (unpaired) electrons. The summed E-state index contributed by atoms with van der Waals surface area (Å²) in [5.74, 6) is 0.784. The van der Waals surface area contributed by atoms with Crippen LogP contribution in [0.3, 0.4) is 0 Å². The first kappa shape index (κ1) is 15.7. The number of fused-ring (bicyclic) bond motifs is 3. The Balaban J connectivity index is 1.58.